The van der Waals surface area contributed by atoms with Gasteiger partial charge in [0.15, 0.2) is 0 Å². The maximum Gasteiger partial charge on any atom is 0.226 e. The molecule has 0 unspecified atom stereocenters. The van der Waals surface area contributed by atoms with Gasteiger partial charge in [-0.05, 0) is 51.0 Å². The summed E-state index contributed by atoms with van der Waals surface area (Å²) >= 11 is 0. The number of hydrogen-bond acceptors (Lipinski definition) is 5. The van der Waals surface area contributed by atoms with Gasteiger partial charge in [-0.25, -0.2) is 0 Å². The van der Waals surface area contributed by atoms with Crippen molar-refractivity contribution in [1.82, 2.24) is 10.1 Å². The second-order valence-electron chi connectivity index (χ2n) is 6.35. The first-order valence-electron chi connectivity index (χ1n) is 8.28. The first kappa shape index (κ1) is 16.4. The minimum Gasteiger partial charge on any atom is -0.370 e. The van der Waals surface area contributed by atoms with Crippen LogP contribution in [0.25, 0.3) is 0 Å². The lowest BCUT2D eigenvalue weighted by Gasteiger charge is -2.35. The molecule has 5 nitrogen and oxygen atoms in total. The highest BCUT2D eigenvalue weighted by atomic mass is 16.5. The van der Waals surface area contributed by atoms with Crippen LogP contribution in [0.3, 0.4) is 0 Å². The predicted octanol–water partition coefficient (Wildman–Crippen LogP) is 3.18. The summed E-state index contributed by atoms with van der Waals surface area (Å²) in [6.07, 6.45) is 9.68. The lowest BCUT2D eigenvalue weighted by Crippen LogP contribution is -2.34. The number of nitrogens with two attached hydrogens (primary N) is 1. The predicted molar refractivity (Wildman–Crippen MR) is 81.8 cm³/mol. The van der Waals surface area contributed by atoms with Crippen molar-refractivity contribution in [2.75, 3.05) is 13.7 Å². The van der Waals surface area contributed by atoms with Crippen LogP contribution in [0.5, 0.6) is 0 Å². The molecular weight excluding hydrogens is 266 g/mol. The van der Waals surface area contributed by atoms with Gasteiger partial charge in [-0.1, -0.05) is 24.9 Å². The van der Waals surface area contributed by atoms with Crippen LogP contribution < -0.4 is 5.73 Å². The van der Waals surface area contributed by atoms with Crippen molar-refractivity contribution in [2.24, 2.45) is 11.7 Å². The van der Waals surface area contributed by atoms with Crippen molar-refractivity contribution in [3.63, 3.8) is 0 Å². The van der Waals surface area contributed by atoms with Crippen LogP contribution in [-0.4, -0.2) is 23.8 Å². The Bertz CT molecular complexity index is 411. The molecule has 0 radical (unpaired) electrons. The van der Waals surface area contributed by atoms with Crippen LogP contribution in [0.15, 0.2) is 4.52 Å². The largest absolute Gasteiger partial charge is 0.370 e. The van der Waals surface area contributed by atoms with E-state index in [1.54, 1.807) is 7.11 Å². The molecule has 1 aromatic heterocycles. The number of ether oxygens (including phenoxy) is 1. The molecule has 5 heteroatoms. The molecule has 21 heavy (non-hydrogen) atoms. The highest BCUT2D eigenvalue weighted by Crippen LogP contribution is 2.40. The third kappa shape index (κ3) is 4.27. The number of aryl methyl sites for hydroxylation is 1. The van der Waals surface area contributed by atoms with E-state index in [9.17, 15) is 0 Å². The highest BCUT2D eigenvalue weighted by molar-refractivity contribution is 5.04. The zero-order chi connectivity index (χ0) is 15.1. The van der Waals surface area contributed by atoms with E-state index in [1.807, 2.05) is 0 Å². The average Bonchev–Trinajstić information content (AvgIpc) is 2.98. The van der Waals surface area contributed by atoms with Crippen molar-refractivity contribution < 1.29 is 9.26 Å². The topological polar surface area (TPSA) is 74.2 Å². The Morgan fingerprint density at radius 3 is 2.62 bits per heavy atom. The van der Waals surface area contributed by atoms with Crippen LogP contribution in [0.4, 0.5) is 0 Å². The summed E-state index contributed by atoms with van der Waals surface area (Å²) in [4.78, 5) is 4.59. The monoisotopic (exact) mass is 295 g/mol. The molecule has 0 saturated heterocycles. The summed E-state index contributed by atoms with van der Waals surface area (Å²) in [6.45, 7) is 3.07. The van der Waals surface area contributed by atoms with Crippen LogP contribution in [0, 0.1) is 5.92 Å². The molecule has 1 heterocycles. The molecule has 0 bridgehead atoms. The first-order valence-corrected chi connectivity index (χ1v) is 8.28. The molecule has 1 aliphatic rings. The van der Waals surface area contributed by atoms with E-state index in [-0.39, 0.29) is 5.60 Å². The zero-order valence-electron chi connectivity index (χ0n) is 13.4. The number of methoxy groups -OCH3 is 1. The summed E-state index contributed by atoms with van der Waals surface area (Å²) in [7, 11) is 1.76. The van der Waals surface area contributed by atoms with Gasteiger partial charge in [-0.3, -0.25) is 0 Å². The molecule has 0 aromatic carbocycles. The number of unbranched alkanes of at least 4 members (excludes halogenated alkanes) is 3. The Kier molecular flexibility index (Phi) is 6.18. The Morgan fingerprint density at radius 1 is 1.24 bits per heavy atom. The minimum atomic E-state index is -0.326. The van der Waals surface area contributed by atoms with Crippen molar-refractivity contribution in [2.45, 2.75) is 70.3 Å². The second kappa shape index (κ2) is 7.90. The first-order chi connectivity index (χ1) is 10.2. The molecule has 2 rings (SSSR count). The van der Waals surface area contributed by atoms with Crippen LogP contribution in [-0.2, 0) is 16.8 Å². The zero-order valence-corrected chi connectivity index (χ0v) is 13.4. The van der Waals surface area contributed by atoms with Gasteiger partial charge in [0.25, 0.3) is 0 Å². The van der Waals surface area contributed by atoms with Gasteiger partial charge in [0.2, 0.25) is 11.7 Å². The Balaban J connectivity index is 1.88. The molecule has 0 aliphatic heterocycles. The van der Waals surface area contributed by atoms with E-state index in [4.69, 9.17) is 15.0 Å². The minimum absolute atomic E-state index is 0.326. The SMILES string of the molecule is COC1(c2noc(CCCCCCN)n2)CCC(C)CC1. The lowest BCUT2D eigenvalue weighted by molar-refractivity contribution is -0.0609. The number of aromatic nitrogens is 2. The van der Waals surface area contributed by atoms with Gasteiger partial charge < -0.3 is 15.0 Å². The number of rotatable bonds is 8. The van der Waals surface area contributed by atoms with Crippen LogP contribution in [0.2, 0.25) is 0 Å². The molecule has 0 amide bonds. The van der Waals surface area contributed by atoms with E-state index < -0.39 is 0 Å². The standard InChI is InChI=1S/C16H29N3O2/c1-13-8-10-16(20-2,11-9-13)15-18-14(21-19-15)7-5-3-4-6-12-17/h13H,3-12,17H2,1-2H3. The van der Waals surface area contributed by atoms with E-state index in [2.05, 4.69) is 17.1 Å². The molecule has 1 saturated carbocycles. The van der Waals surface area contributed by atoms with Gasteiger partial charge in [0, 0.05) is 13.5 Å². The Morgan fingerprint density at radius 2 is 1.95 bits per heavy atom. The molecule has 0 atom stereocenters. The Labute approximate surface area is 127 Å². The van der Waals surface area contributed by atoms with Gasteiger partial charge in [-0.2, -0.15) is 4.98 Å². The summed E-state index contributed by atoms with van der Waals surface area (Å²) in [5.74, 6) is 2.25. The van der Waals surface area contributed by atoms with Crippen molar-refractivity contribution in [3.8, 4) is 0 Å². The van der Waals surface area contributed by atoms with E-state index in [0.717, 1.165) is 69.1 Å². The third-order valence-corrected chi connectivity index (χ3v) is 4.69. The number of hydrogen-bond donors (Lipinski definition) is 1. The third-order valence-electron chi connectivity index (χ3n) is 4.69. The normalized spacial score (nSPS) is 26.1. The molecule has 0 spiro atoms. The molecule has 2 N–H and O–H groups in total. The van der Waals surface area contributed by atoms with Crippen molar-refractivity contribution in [3.05, 3.63) is 11.7 Å². The number of nitrogens with zero attached hydrogens (tertiary/aromatic N) is 2. The van der Waals surface area contributed by atoms with Gasteiger partial charge in [0.1, 0.15) is 5.60 Å². The lowest BCUT2D eigenvalue weighted by atomic mass is 9.79. The molecule has 120 valence electrons. The second-order valence-corrected chi connectivity index (χ2v) is 6.35. The molecule has 1 aliphatic carbocycles. The summed E-state index contributed by atoms with van der Waals surface area (Å²) in [5.41, 5.74) is 5.17. The smallest absolute Gasteiger partial charge is 0.226 e. The maximum atomic E-state index is 5.79. The fraction of sp³-hybridized carbons (Fsp3) is 0.875. The average molecular weight is 295 g/mol. The summed E-state index contributed by atoms with van der Waals surface area (Å²) in [6, 6.07) is 0. The Hall–Kier alpha value is -0.940. The van der Waals surface area contributed by atoms with Gasteiger partial charge >= 0.3 is 0 Å². The van der Waals surface area contributed by atoms with Crippen molar-refractivity contribution in [1.29, 1.82) is 0 Å². The van der Waals surface area contributed by atoms with Crippen molar-refractivity contribution >= 4 is 0 Å². The van der Waals surface area contributed by atoms with Gasteiger partial charge in [0.05, 0.1) is 0 Å². The molecular formula is C16H29N3O2. The van der Waals surface area contributed by atoms with Gasteiger partial charge in [-0.15, -0.1) is 0 Å². The molecule has 1 fully saturated rings. The highest BCUT2D eigenvalue weighted by Gasteiger charge is 2.40. The van der Waals surface area contributed by atoms with E-state index in [1.165, 1.54) is 12.8 Å². The van der Waals surface area contributed by atoms with E-state index in [0.29, 0.717) is 0 Å². The van der Waals surface area contributed by atoms with Crippen LogP contribution >= 0.6 is 0 Å². The van der Waals surface area contributed by atoms with Crippen LogP contribution in [0.1, 0.15) is 70.0 Å². The summed E-state index contributed by atoms with van der Waals surface area (Å²) < 4.78 is 11.2. The fourth-order valence-electron chi connectivity index (χ4n) is 3.06. The fourth-order valence-corrected chi connectivity index (χ4v) is 3.06. The maximum absolute atomic E-state index is 5.79. The summed E-state index contributed by atoms with van der Waals surface area (Å²) in [5, 5.41) is 4.19. The quantitative estimate of drug-likeness (QED) is 0.746. The van der Waals surface area contributed by atoms with E-state index >= 15 is 0 Å². The molecule has 1 aromatic rings.